The lowest BCUT2D eigenvalue weighted by Crippen LogP contribution is -2.22. The number of hydrogen-bond donors (Lipinski definition) is 1. The van der Waals surface area contributed by atoms with E-state index in [2.05, 4.69) is 14.7 Å². The maximum Gasteiger partial charge on any atom is 0.335 e. The summed E-state index contributed by atoms with van der Waals surface area (Å²) in [5.74, 6) is -0.273. The van der Waals surface area contributed by atoms with Crippen molar-refractivity contribution in [1.82, 2.24) is 15.0 Å². The van der Waals surface area contributed by atoms with Gasteiger partial charge in [0.15, 0.2) is 5.82 Å². The molecule has 0 saturated heterocycles. The van der Waals surface area contributed by atoms with E-state index in [0.29, 0.717) is 24.4 Å². The highest BCUT2D eigenvalue weighted by molar-refractivity contribution is 5.89. The van der Waals surface area contributed by atoms with Gasteiger partial charge in [-0.25, -0.2) is 4.79 Å². The number of carboxylic acid groups (broad SMARTS) is 1. The predicted molar refractivity (Wildman–Crippen MR) is 67.7 cm³/mol. The van der Waals surface area contributed by atoms with Gasteiger partial charge in [-0.1, -0.05) is 23.4 Å². The Morgan fingerprint density at radius 2 is 2.21 bits per heavy atom. The number of likely N-dealkylation sites (N-methyl/N-ethyl adjacent to an activating group) is 1. The highest BCUT2D eigenvalue weighted by Gasteiger charge is 2.10. The van der Waals surface area contributed by atoms with E-state index >= 15 is 0 Å². The third-order valence-electron chi connectivity index (χ3n) is 2.83. The van der Waals surface area contributed by atoms with Crippen LogP contribution in [0.4, 0.5) is 0 Å². The Hall–Kier alpha value is -2.21. The van der Waals surface area contributed by atoms with Crippen LogP contribution in [0.1, 0.15) is 21.7 Å². The molecule has 0 saturated carbocycles. The van der Waals surface area contributed by atoms with Crippen LogP contribution in [-0.2, 0) is 13.0 Å². The number of aromatic nitrogens is 2. The fourth-order valence-corrected chi connectivity index (χ4v) is 1.84. The van der Waals surface area contributed by atoms with Crippen molar-refractivity contribution in [3.8, 4) is 0 Å². The van der Waals surface area contributed by atoms with Crippen molar-refractivity contribution in [2.75, 3.05) is 13.6 Å². The second kappa shape index (κ2) is 6.10. The Bertz CT molecular complexity index is 540. The van der Waals surface area contributed by atoms with Gasteiger partial charge in [0, 0.05) is 6.54 Å². The molecule has 0 amide bonds. The molecular formula is C13H15N3O3. The third kappa shape index (κ3) is 3.62. The lowest BCUT2D eigenvalue weighted by atomic mass is 10.0. The lowest BCUT2D eigenvalue weighted by Gasteiger charge is -2.15. The van der Waals surface area contributed by atoms with Crippen molar-refractivity contribution < 1.29 is 14.4 Å². The van der Waals surface area contributed by atoms with Crippen LogP contribution in [0.2, 0.25) is 0 Å². The second-order valence-electron chi connectivity index (χ2n) is 4.30. The van der Waals surface area contributed by atoms with Gasteiger partial charge in [-0.05, 0) is 25.1 Å². The van der Waals surface area contributed by atoms with Gasteiger partial charge in [0.05, 0.1) is 12.1 Å². The molecule has 1 heterocycles. The van der Waals surface area contributed by atoms with Gasteiger partial charge >= 0.3 is 5.97 Å². The van der Waals surface area contributed by atoms with E-state index in [1.807, 2.05) is 24.1 Å². The fraction of sp³-hybridized carbons (Fsp3) is 0.308. The van der Waals surface area contributed by atoms with Crippen molar-refractivity contribution in [3.63, 3.8) is 0 Å². The first-order valence-corrected chi connectivity index (χ1v) is 5.92. The summed E-state index contributed by atoms with van der Waals surface area (Å²) in [5, 5.41) is 12.8. The molecule has 1 N–H and O–H groups in total. The third-order valence-corrected chi connectivity index (χ3v) is 2.83. The van der Waals surface area contributed by atoms with Crippen molar-refractivity contribution in [3.05, 3.63) is 47.6 Å². The van der Waals surface area contributed by atoms with Gasteiger partial charge in [0.1, 0.15) is 0 Å². The van der Waals surface area contributed by atoms with Gasteiger partial charge in [-0.3, -0.25) is 4.90 Å². The highest BCUT2D eigenvalue weighted by Crippen LogP contribution is 2.10. The molecular weight excluding hydrogens is 246 g/mol. The zero-order chi connectivity index (χ0) is 13.7. The van der Waals surface area contributed by atoms with Crippen LogP contribution < -0.4 is 0 Å². The molecule has 19 heavy (non-hydrogen) atoms. The molecule has 100 valence electrons. The molecule has 6 heteroatoms. The topological polar surface area (TPSA) is 79.5 Å². The Balaban J connectivity index is 1.93. The number of rotatable bonds is 6. The van der Waals surface area contributed by atoms with Crippen LogP contribution in [0.25, 0.3) is 0 Å². The van der Waals surface area contributed by atoms with Crippen LogP contribution >= 0.6 is 0 Å². The predicted octanol–water partition coefficient (Wildman–Crippen LogP) is 1.44. The first-order valence-electron chi connectivity index (χ1n) is 5.92. The molecule has 1 aromatic carbocycles. The molecule has 2 aromatic rings. The van der Waals surface area contributed by atoms with Crippen molar-refractivity contribution in [1.29, 1.82) is 0 Å². The molecule has 0 radical (unpaired) electrons. The Morgan fingerprint density at radius 3 is 2.89 bits per heavy atom. The monoisotopic (exact) mass is 261 g/mol. The van der Waals surface area contributed by atoms with Crippen molar-refractivity contribution >= 4 is 5.97 Å². The van der Waals surface area contributed by atoms with Crippen molar-refractivity contribution in [2.24, 2.45) is 0 Å². The van der Waals surface area contributed by atoms with E-state index in [9.17, 15) is 4.79 Å². The van der Waals surface area contributed by atoms with Crippen LogP contribution in [0.3, 0.4) is 0 Å². The molecule has 0 unspecified atom stereocenters. The average molecular weight is 261 g/mol. The maximum atomic E-state index is 11.1. The van der Waals surface area contributed by atoms with E-state index < -0.39 is 5.97 Å². The summed E-state index contributed by atoms with van der Waals surface area (Å²) < 4.78 is 4.66. The van der Waals surface area contributed by atoms with E-state index in [1.54, 1.807) is 12.1 Å². The first kappa shape index (κ1) is 13.2. The van der Waals surface area contributed by atoms with Crippen LogP contribution in [-0.4, -0.2) is 39.7 Å². The minimum atomic E-state index is -0.892. The zero-order valence-corrected chi connectivity index (χ0v) is 10.6. The summed E-state index contributed by atoms with van der Waals surface area (Å²) in [6.45, 7) is 1.30. The highest BCUT2D eigenvalue weighted by atomic mass is 16.5. The normalized spacial score (nSPS) is 10.8. The Morgan fingerprint density at radius 1 is 1.42 bits per heavy atom. The van der Waals surface area contributed by atoms with Gasteiger partial charge in [-0.2, -0.15) is 4.98 Å². The average Bonchev–Trinajstić information content (AvgIpc) is 2.89. The molecule has 0 bridgehead atoms. The van der Waals surface area contributed by atoms with E-state index in [1.165, 1.54) is 6.39 Å². The van der Waals surface area contributed by atoms with E-state index in [4.69, 9.17) is 5.11 Å². The summed E-state index contributed by atoms with van der Waals surface area (Å²) in [6.07, 6.45) is 1.96. The lowest BCUT2D eigenvalue weighted by molar-refractivity contribution is 0.0695. The SMILES string of the molecule is CN(CCc1ccccc1C(=O)O)Cc1ncon1. The number of hydrogen-bond acceptors (Lipinski definition) is 5. The molecule has 0 aliphatic rings. The molecule has 0 aliphatic heterocycles. The number of carboxylic acids is 1. The summed E-state index contributed by atoms with van der Waals surface area (Å²) in [4.78, 5) is 17.0. The zero-order valence-electron chi connectivity index (χ0n) is 10.6. The number of benzene rings is 1. The Kier molecular flexibility index (Phi) is 4.25. The van der Waals surface area contributed by atoms with Crippen molar-refractivity contribution in [2.45, 2.75) is 13.0 Å². The number of carbonyl (C=O) groups is 1. The van der Waals surface area contributed by atoms with Gasteiger partial charge in [0.25, 0.3) is 0 Å². The van der Waals surface area contributed by atoms with E-state index in [-0.39, 0.29) is 0 Å². The minimum Gasteiger partial charge on any atom is -0.478 e. The summed E-state index contributed by atoms with van der Waals surface area (Å²) >= 11 is 0. The van der Waals surface area contributed by atoms with Crippen LogP contribution in [0.15, 0.2) is 35.2 Å². The largest absolute Gasteiger partial charge is 0.478 e. The molecule has 1 aromatic heterocycles. The molecule has 0 spiro atoms. The maximum absolute atomic E-state index is 11.1. The van der Waals surface area contributed by atoms with Gasteiger partial charge in [0.2, 0.25) is 6.39 Å². The van der Waals surface area contributed by atoms with Gasteiger partial charge in [-0.15, -0.1) is 0 Å². The first-order chi connectivity index (χ1) is 9.16. The van der Waals surface area contributed by atoms with Crippen LogP contribution in [0.5, 0.6) is 0 Å². The number of aromatic carboxylic acids is 1. The standard InChI is InChI=1S/C13H15N3O3/c1-16(8-12-14-9-19-15-12)7-6-10-4-2-3-5-11(10)13(17)18/h2-5,9H,6-8H2,1H3,(H,17,18). The van der Waals surface area contributed by atoms with Gasteiger partial charge < -0.3 is 9.63 Å². The minimum absolute atomic E-state index is 0.357. The van der Waals surface area contributed by atoms with Crippen LogP contribution in [0, 0.1) is 0 Å². The fourth-order valence-electron chi connectivity index (χ4n) is 1.84. The molecule has 2 rings (SSSR count). The van der Waals surface area contributed by atoms with E-state index in [0.717, 1.165) is 12.1 Å². The number of nitrogens with zero attached hydrogens (tertiary/aromatic N) is 3. The summed E-state index contributed by atoms with van der Waals surface area (Å²) in [6, 6.07) is 7.04. The molecule has 0 atom stereocenters. The molecule has 6 nitrogen and oxygen atoms in total. The molecule has 0 fully saturated rings. The summed E-state index contributed by atoms with van der Waals surface area (Å²) in [7, 11) is 1.93. The smallest absolute Gasteiger partial charge is 0.335 e. The summed E-state index contributed by atoms with van der Waals surface area (Å²) in [5.41, 5.74) is 1.19. The molecule has 0 aliphatic carbocycles. The Labute approximate surface area is 110 Å². The quantitative estimate of drug-likeness (QED) is 0.847. The second-order valence-corrected chi connectivity index (χ2v) is 4.30.